The number of rotatable bonds is 4. The van der Waals surface area contributed by atoms with E-state index < -0.39 is 10.0 Å². The zero-order valence-electron chi connectivity index (χ0n) is 11.5. The maximum Gasteiger partial charge on any atom is 0.275 e. The predicted octanol–water partition coefficient (Wildman–Crippen LogP) is -0.161. The number of nitrogens with zero attached hydrogens (tertiary/aromatic N) is 5. The Kier molecular flexibility index (Phi) is 3.74. The van der Waals surface area contributed by atoms with Gasteiger partial charge in [0.15, 0.2) is 5.03 Å². The highest BCUT2D eigenvalue weighted by Gasteiger charge is 2.28. The Morgan fingerprint density at radius 1 is 1.33 bits per heavy atom. The van der Waals surface area contributed by atoms with E-state index in [1.54, 1.807) is 0 Å². The summed E-state index contributed by atoms with van der Waals surface area (Å²) in [7, 11) is -3.61. The monoisotopic (exact) mass is 313 g/mol. The number of hydrogen-bond donors (Lipinski definition) is 0. The van der Waals surface area contributed by atoms with Crippen molar-refractivity contribution < 1.29 is 17.7 Å². The van der Waals surface area contributed by atoms with Crippen molar-refractivity contribution in [3.8, 4) is 5.95 Å². The summed E-state index contributed by atoms with van der Waals surface area (Å²) in [5.41, 5.74) is 0. The molecule has 0 amide bonds. The van der Waals surface area contributed by atoms with Crippen LogP contribution in [0.5, 0.6) is 0 Å². The lowest BCUT2D eigenvalue weighted by molar-refractivity contribution is 0.0729. The molecule has 9 nitrogen and oxygen atoms in total. The van der Waals surface area contributed by atoms with E-state index in [0.29, 0.717) is 38.6 Å². The summed E-state index contributed by atoms with van der Waals surface area (Å²) in [5, 5.41) is 3.74. The summed E-state index contributed by atoms with van der Waals surface area (Å²) in [6.07, 6.45) is 3.35. The molecule has 0 saturated carbocycles. The Hall–Kier alpha value is -1.78. The van der Waals surface area contributed by atoms with Gasteiger partial charge in [-0.05, 0) is 5.16 Å². The van der Waals surface area contributed by atoms with Gasteiger partial charge >= 0.3 is 0 Å². The fourth-order valence-corrected chi connectivity index (χ4v) is 3.28. The number of morpholine rings is 1. The van der Waals surface area contributed by atoms with Gasteiger partial charge in [-0.3, -0.25) is 4.57 Å². The van der Waals surface area contributed by atoms with E-state index in [2.05, 4.69) is 15.1 Å². The van der Waals surface area contributed by atoms with Crippen molar-refractivity contribution >= 4 is 10.0 Å². The molecule has 0 bridgehead atoms. The van der Waals surface area contributed by atoms with E-state index in [-0.39, 0.29) is 11.0 Å². The molecule has 0 atom stereocenters. The lowest BCUT2D eigenvalue weighted by Crippen LogP contribution is -2.40. The third-order valence-electron chi connectivity index (χ3n) is 3.12. The van der Waals surface area contributed by atoms with Crippen molar-refractivity contribution in [2.24, 2.45) is 0 Å². The minimum atomic E-state index is -3.61. The number of aryl methyl sites for hydroxylation is 1. The van der Waals surface area contributed by atoms with Gasteiger partial charge in [-0.2, -0.15) is 9.29 Å². The molecule has 0 spiro atoms. The molecule has 0 N–H and O–H groups in total. The molecule has 3 rings (SSSR count). The number of sulfonamides is 1. The smallest absolute Gasteiger partial charge is 0.275 e. The first-order valence-electron chi connectivity index (χ1n) is 6.56. The molecule has 2 aromatic heterocycles. The quantitative estimate of drug-likeness (QED) is 0.772. The molecule has 0 aromatic carbocycles. The van der Waals surface area contributed by atoms with Crippen LogP contribution in [0.25, 0.3) is 5.95 Å². The van der Waals surface area contributed by atoms with Gasteiger partial charge in [0.05, 0.1) is 19.4 Å². The Morgan fingerprint density at radius 2 is 2.10 bits per heavy atom. The average molecular weight is 313 g/mol. The number of hydrogen-bond acceptors (Lipinski definition) is 7. The van der Waals surface area contributed by atoms with Crippen LogP contribution in [0.4, 0.5) is 0 Å². The van der Waals surface area contributed by atoms with Gasteiger partial charge in [-0.25, -0.2) is 13.4 Å². The maximum atomic E-state index is 12.4. The lowest BCUT2D eigenvalue weighted by atomic mass is 10.5. The van der Waals surface area contributed by atoms with Crippen LogP contribution in [0.2, 0.25) is 0 Å². The zero-order chi connectivity index (χ0) is 14.9. The highest BCUT2D eigenvalue weighted by molar-refractivity contribution is 7.89. The second-order valence-electron chi connectivity index (χ2n) is 4.48. The summed E-state index contributed by atoms with van der Waals surface area (Å²) >= 11 is 0. The molecule has 0 aliphatic carbocycles. The van der Waals surface area contributed by atoms with E-state index in [1.165, 1.54) is 21.4 Å². The van der Waals surface area contributed by atoms with E-state index in [4.69, 9.17) is 9.26 Å². The van der Waals surface area contributed by atoms with Gasteiger partial charge in [0.2, 0.25) is 5.89 Å². The van der Waals surface area contributed by atoms with Crippen LogP contribution < -0.4 is 0 Å². The molecule has 2 aromatic rings. The molecule has 21 heavy (non-hydrogen) atoms. The first kappa shape index (κ1) is 14.2. The largest absolute Gasteiger partial charge is 0.379 e. The van der Waals surface area contributed by atoms with Gasteiger partial charge in [-0.15, -0.1) is 0 Å². The highest BCUT2D eigenvalue weighted by Crippen LogP contribution is 2.16. The van der Waals surface area contributed by atoms with Gasteiger partial charge in [0, 0.05) is 19.5 Å². The van der Waals surface area contributed by atoms with Crippen molar-refractivity contribution in [2.45, 2.75) is 18.4 Å². The number of aromatic nitrogens is 4. The third kappa shape index (κ3) is 2.69. The Balaban J connectivity index is 1.86. The fourth-order valence-electron chi connectivity index (χ4n) is 1.96. The molecule has 114 valence electrons. The van der Waals surface area contributed by atoms with Crippen LogP contribution in [-0.4, -0.2) is 58.7 Å². The predicted molar refractivity (Wildman–Crippen MR) is 70.4 cm³/mol. The van der Waals surface area contributed by atoms with E-state index in [1.807, 2.05) is 6.92 Å². The topological polar surface area (TPSA) is 103 Å². The lowest BCUT2D eigenvalue weighted by Gasteiger charge is -2.24. The molecule has 0 radical (unpaired) electrons. The average Bonchev–Trinajstić information content (AvgIpc) is 3.17. The second-order valence-corrected chi connectivity index (χ2v) is 6.36. The van der Waals surface area contributed by atoms with Gasteiger partial charge in [0.25, 0.3) is 16.0 Å². The first-order valence-corrected chi connectivity index (χ1v) is 8.00. The summed E-state index contributed by atoms with van der Waals surface area (Å²) < 4.78 is 37.8. The molecular formula is C11H15N5O4S. The molecule has 10 heteroatoms. The van der Waals surface area contributed by atoms with E-state index in [0.717, 1.165) is 0 Å². The standard InChI is InChI=1S/C11H15N5O4S/c1-2-9-13-11(14-20-9)15-7-10(12-8-15)21(17,18)16-3-5-19-6-4-16/h7-8H,2-6H2,1H3. The molecule has 1 aliphatic heterocycles. The van der Waals surface area contributed by atoms with Crippen molar-refractivity contribution in [3.63, 3.8) is 0 Å². The van der Waals surface area contributed by atoms with E-state index in [9.17, 15) is 8.42 Å². The maximum absolute atomic E-state index is 12.4. The minimum absolute atomic E-state index is 0.0350. The van der Waals surface area contributed by atoms with Crippen LogP contribution in [0.15, 0.2) is 22.1 Å². The van der Waals surface area contributed by atoms with Crippen molar-refractivity contribution in [3.05, 3.63) is 18.4 Å². The van der Waals surface area contributed by atoms with Gasteiger partial charge in [0.1, 0.15) is 6.33 Å². The van der Waals surface area contributed by atoms with Crippen LogP contribution in [0.3, 0.4) is 0 Å². The second kappa shape index (κ2) is 5.54. The molecule has 1 aliphatic rings. The molecule has 0 unspecified atom stereocenters. The summed E-state index contributed by atoms with van der Waals surface area (Å²) in [6.45, 7) is 3.34. The van der Waals surface area contributed by atoms with Crippen molar-refractivity contribution in [2.75, 3.05) is 26.3 Å². The minimum Gasteiger partial charge on any atom is -0.379 e. The molecule has 3 heterocycles. The van der Waals surface area contributed by atoms with Crippen molar-refractivity contribution in [1.29, 1.82) is 0 Å². The van der Waals surface area contributed by atoms with Crippen LogP contribution in [-0.2, 0) is 21.2 Å². The normalized spacial score (nSPS) is 17.2. The summed E-state index contributed by atoms with van der Waals surface area (Å²) in [4.78, 5) is 8.07. The first-order chi connectivity index (χ1) is 10.1. The molecule has 1 fully saturated rings. The number of ether oxygens (including phenoxy) is 1. The van der Waals surface area contributed by atoms with Gasteiger partial charge in [-0.1, -0.05) is 6.92 Å². The Labute approximate surface area is 121 Å². The SMILES string of the molecule is CCc1nc(-n2cnc(S(=O)(=O)N3CCOCC3)c2)no1. The Bertz CT molecular complexity index is 717. The highest BCUT2D eigenvalue weighted by atomic mass is 32.2. The van der Waals surface area contributed by atoms with Crippen LogP contribution in [0.1, 0.15) is 12.8 Å². The van der Waals surface area contributed by atoms with Gasteiger partial charge < -0.3 is 9.26 Å². The van der Waals surface area contributed by atoms with E-state index >= 15 is 0 Å². The fraction of sp³-hybridized carbons (Fsp3) is 0.545. The summed E-state index contributed by atoms with van der Waals surface area (Å²) in [6, 6.07) is 0. The van der Waals surface area contributed by atoms with Crippen LogP contribution in [0, 0.1) is 0 Å². The molecule has 1 saturated heterocycles. The van der Waals surface area contributed by atoms with Crippen molar-refractivity contribution in [1.82, 2.24) is 24.0 Å². The summed E-state index contributed by atoms with van der Waals surface area (Å²) in [5.74, 6) is 0.749. The molecular weight excluding hydrogens is 298 g/mol. The van der Waals surface area contributed by atoms with Crippen LogP contribution >= 0.6 is 0 Å². The third-order valence-corrected chi connectivity index (χ3v) is 4.91. The zero-order valence-corrected chi connectivity index (χ0v) is 12.3. The Morgan fingerprint density at radius 3 is 2.76 bits per heavy atom. The number of imidazole rings is 1.